The van der Waals surface area contributed by atoms with Gasteiger partial charge in [-0.15, -0.1) is 0 Å². The van der Waals surface area contributed by atoms with Gasteiger partial charge in [0.25, 0.3) is 0 Å². The van der Waals surface area contributed by atoms with Crippen molar-refractivity contribution in [3.63, 3.8) is 0 Å². The van der Waals surface area contributed by atoms with E-state index in [-0.39, 0.29) is 5.97 Å². The van der Waals surface area contributed by atoms with Gasteiger partial charge >= 0.3 is 5.97 Å². The number of aromatic nitrogens is 1. The number of carbonyl (C=O) groups excluding carboxylic acids is 1. The molecular formula is C26H21NO3. The Morgan fingerprint density at radius 2 is 1.67 bits per heavy atom. The number of hydrogen-bond acceptors (Lipinski definition) is 3. The van der Waals surface area contributed by atoms with Crippen LogP contribution in [0.25, 0.3) is 38.3 Å². The average molecular weight is 395 g/mol. The van der Waals surface area contributed by atoms with Crippen molar-refractivity contribution in [3.8, 4) is 16.9 Å². The van der Waals surface area contributed by atoms with E-state index in [2.05, 4.69) is 22.7 Å². The minimum atomic E-state index is -0.305. The van der Waals surface area contributed by atoms with Crippen molar-refractivity contribution in [1.29, 1.82) is 0 Å². The largest absolute Gasteiger partial charge is 0.497 e. The van der Waals surface area contributed by atoms with Crippen LogP contribution in [-0.4, -0.2) is 24.1 Å². The fourth-order valence-corrected chi connectivity index (χ4v) is 4.20. The van der Waals surface area contributed by atoms with E-state index in [9.17, 15) is 4.79 Å². The van der Waals surface area contributed by atoms with Gasteiger partial charge in [0.2, 0.25) is 0 Å². The molecule has 0 aliphatic rings. The lowest BCUT2D eigenvalue weighted by molar-refractivity contribution is 0.0531. The van der Waals surface area contributed by atoms with Crippen molar-refractivity contribution in [2.24, 2.45) is 0 Å². The first-order chi connectivity index (χ1) is 14.7. The number of nitrogens with zero attached hydrogens (tertiary/aromatic N) is 1. The number of carbonyl (C=O) groups is 1. The zero-order chi connectivity index (χ0) is 20.7. The van der Waals surface area contributed by atoms with E-state index in [4.69, 9.17) is 9.47 Å². The van der Waals surface area contributed by atoms with Gasteiger partial charge < -0.3 is 13.9 Å². The van der Waals surface area contributed by atoms with E-state index in [1.807, 2.05) is 67.6 Å². The van der Waals surface area contributed by atoms with Gasteiger partial charge in [0.15, 0.2) is 0 Å². The van der Waals surface area contributed by atoms with Gasteiger partial charge in [-0.1, -0.05) is 48.5 Å². The zero-order valence-corrected chi connectivity index (χ0v) is 16.9. The highest BCUT2D eigenvalue weighted by atomic mass is 16.5. The van der Waals surface area contributed by atoms with Gasteiger partial charge in [-0.2, -0.15) is 0 Å². The molecule has 0 saturated heterocycles. The second-order valence-electron chi connectivity index (χ2n) is 7.15. The minimum Gasteiger partial charge on any atom is -0.497 e. The van der Waals surface area contributed by atoms with Gasteiger partial charge in [0.05, 0.1) is 30.3 Å². The number of rotatable bonds is 4. The van der Waals surface area contributed by atoms with Crippen molar-refractivity contribution in [2.45, 2.75) is 6.92 Å². The summed E-state index contributed by atoms with van der Waals surface area (Å²) >= 11 is 0. The molecule has 0 N–H and O–H groups in total. The molecule has 0 amide bonds. The molecule has 5 rings (SSSR count). The molecule has 148 valence electrons. The first-order valence-electron chi connectivity index (χ1n) is 9.99. The van der Waals surface area contributed by atoms with E-state index >= 15 is 0 Å². The van der Waals surface area contributed by atoms with Gasteiger partial charge in [0.1, 0.15) is 5.75 Å². The molecule has 3 aromatic carbocycles. The van der Waals surface area contributed by atoms with Gasteiger partial charge in [0, 0.05) is 22.5 Å². The van der Waals surface area contributed by atoms with Crippen LogP contribution < -0.4 is 4.74 Å². The van der Waals surface area contributed by atoms with E-state index in [0.717, 1.165) is 44.1 Å². The summed E-state index contributed by atoms with van der Waals surface area (Å²) in [6, 6.07) is 24.2. The van der Waals surface area contributed by atoms with E-state index in [1.54, 1.807) is 7.11 Å². The second-order valence-corrected chi connectivity index (χ2v) is 7.15. The van der Waals surface area contributed by atoms with Crippen molar-refractivity contribution in [3.05, 3.63) is 84.6 Å². The molecule has 0 aliphatic carbocycles. The number of pyridine rings is 1. The fraction of sp³-hybridized carbons (Fsp3) is 0.115. The summed E-state index contributed by atoms with van der Waals surface area (Å²) in [4.78, 5) is 13.0. The summed E-state index contributed by atoms with van der Waals surface area (Å²) in [5.74, 6) is 0.471. The molecule has 0 spiro atoms. The van der Waals surface area contributed by atoms with Crippen LogP contribution in [0.3, 0.4) is 0 Å². The Morgan fingerprint density at radius 1 is 0.900 bits per heavy atom. The van der Waals surface area contributed by atoms with Crippen molar-refractivity contribution in [1.82, 2.24) is 4.40 Å². The van der Waals surface area contributed by atoms with Crippen LogP contribution >= 0.6 is 0 Å². The zero-order valence-electron chi connectivity index (χ0n) is 16.9. The molecule has 0 radical (unpaired) electrons. The van der Waals surface area contributed by atoms with Crippen LogP contribution in [0.5, 0.6) is 5.75 Å². The Hall–Kier alpha value is -3.79. The van der Waals surface area contributed by atoms with Gasteiger partial charge in [-0.05, 0) is 42.1 Å². The maximum atomic E-state index is 13.0. The number of hydrogen-bond donors (Lipinski definition) is 0. The predicted octanol–water partition coefficient (Wildman–Crippen LogP) is 6.10. The van der Waals surface area contributed by atoms with Crippen LogP contribution in [0.15, 0.2) is 79.0 Å². The Balaban J connectivity index is 2.00. The number of fused-ring (bicyclic) bond motifs is 5. The highest BCUT2D eigenvalue weighted by molar-refractivity contribution is 6.19. The number of ether oxygens (including phenoxy) is 2. The molecule has 2 aromatic heterocycles. The van der Waals surface area contributed by atoms with Crippen molar-refractivity contribution in [2.75, 3.05) is 13.7 Å². The number of esters is 1. The van der Waals surface area contributed by atoms with E-state index in [1.165, 1.54) is 0 Å². The van der Waals surface area contributed by atoms with E-state index < -0.39 is 0 Å². The quantitative estimate of drug-likeness (QED) is 0.345. The van der Waals surface area contributed by atoms with Crippen LogP contribution in [0.4, 0.5) is 0 Å². The van der Waals surface area contributed by atoms with Crippen molar-refractivity contribution < 1.29 is 14.3 Å². The number of para-hydroxylation sites is 1. The molecule has 0 saturated carbocycles. The smallest absolute Gasteiger partial charge is 0.340 e. The summed E-state index contributed by atoms with van der Waals surface area (Å²) in [6.07, 6.45) is 2.11. The molecule has 0 aliphatic heterocycles. The molecule has 0 bridgehead atoms. The molecule has 0 unspecified atom stereocenters. The Kier molecular flexibility index (Phi) is 4.40. The minimum absolute atomic E-state index is 0.305. The third-order valence-electron chi connectivity index (χ3n) is 5.51. The van der Waals surface area contributed by atoms with Gasteiger partial charge in [-0.3, -0.25) is 0 Å². The standard InChI is InChI=1S/C26H21NO3/c1-3-30-26(28)24-20-11-7-8-12-23(20)27-16-22(17-9-5-4-6-10-17)21-15-18(29-2)13-14-19(21)25(24)27/h4-16H,3H2,1-2H3. The average Bonchev–Trinajstić information content (AvgIpc) is 3.13. The van der Waals surface area contributed by atoms with Crippen LogP contribution in [0, 0.1) is 0 Å². The SMILES string of the molecule is CCOC(=O)c1c2ccccc2n2cc(-c3ccccc3)c3cc(OC)ccc3c12. The summed E-state index contributed by atoms with van der Waals surface area (Å²) in [7, 11) is 1.66. The maximum Gasteiger partial charge on any atom is 0.340 e. The van der Waals surface area contributed by atoms with Crippen molar-refractivity contribution >= 4 is 33.2 Å². The summed E-state index contributed by atoms with van der Waals surface area (Å²) < 4.78 is 13.0. The lowest BCUT2D eigenvalue weighted by Gasteiger charge is -2.13. The maximum absolute atomic E-state index is 13.0. The van der Waals surface area contributed by atoms with Crippen LogP contribution in [0.1, 0.15) is 17.3 Å². The molecule has 2 heterocycles. The lowest BCUT2D eigenvalue weighted by Crippen LogP contribution is -2.05. The summed E-state index contributed by atoms with van der Waals surface area (Å²) in [5.41, 5.74) is 4.61. The normalized spacial score (nSPS) is 11.3. The lowest BCUT2D eigenvalue weighted by atomic mass is 9.98. The Morgan fingerprint density at radius 3 is 2.43 bits per heavy atom. The predicted molar refractivity (Wildman–Crippen MR) is 120 cm³/mol. The van der Waals surface area contributed by atoms with E-state index in [0.29, 0.717) is 12.2 Å². The first-order valence-corrected chi connectivity index (χ1v) is 9.99. The number of methoxy groups -OCH3 is 1. The fourth-order valence-electron chi connectivity index (χ4n) is 4.20. The molecule has 5 aromatic rings. The topological polar surface area (TPSA) is 39.9 Å². The molecular weight excluding hydrogens is 374 g/mol. The summed E-state index contributed by atoms with van der Waals surface area (Å²) in [6.45, 7) is 2.16. The second kappa shape index (κ2) is 7.23. The Bertz CT molecular complexity index is 1400. The third kappa shape index (κ3) is 2.72. The first kappa shape index (κ1) is 18.3. The molecule has 4 heteroatoms. The van der Waals surface area contributed by atoms with Gasteiger partial charge in [-0.25, -0.2) is 4.79 Å². The molecule has 0 fully saturated rings. The molecule has 30 heavy (non-hydrogen) atoms. The number of benzene rings is 3. The Labute approximate surface area is 174 Å². The third-order valence-corrected chi connectivity index (χ3v) is 5.51. The van der Waals surface area contributed by atoms with Crippen LogP contribution in [-0.2, 0) is 4.74 Å². The highest BCUT2D eigenvalue weighted by Crippen LogP contribution is 2.38. The monoisotopic (exact) mass is 395 g/mol. The highest BCUT2D eigenvalue weighted by Gasteiger charge is 2.22. The summed E-state index contributed by atoms with van der Waals surface area (Å²) in [5, 5.41) is 2.90. The molecule has 4 nitrogen and oxygen atoms in total. The molecule has 0 atom stereocenters. The van der Waals surface area contributed by atoms with Crippen LogP contribution in [0.2, 0.25) is 0 Å².